The SMILES string of the molecule is O=C(Nc1cc(-c2ccco2)nn1-c1nc(-c2ccccc2)cc(=O)[nH]1)c1ccc(C(F)(F)F)cc1. The molecule has 5 rings (SSSR count). The van der Waals surface area contributed by atoms with Crippen LogP contribution in [0.15, 0.2) is 94.3 Å². The van der Waals surface area contributed by atoms with Crippen molar-refractivity contribution in [1.82, 2.24) is 19.7 Å². The molecule has 8 nitrogen and oxygen atoms in total. The average molecular weight is 491 g/mol. The number of benzene rings is 2. The molecule has 5 aromatic rings. The van der Waals surface area contributed by atoms with Crippen molar-refractivity contribution in [1.29, 1.82) is 0 Å². The number of carbonyl (C=O) groups is 1. The molecule has 1 amide bonds. The summed E-state index contributed by atoms with van der Waals surface area (Å²) in [6, 6.07) is 18.9. The lowest BCUT2D eigenvalue weighted by Gasteiger charge is -2.10. The Labute approximate surface area is 201 Å². The number of alkyl halides is 3. The monoisotopic (exact) mass is 491 g/mol. The van der Waals surface area contributed by atoms with E-state index >= 15 is 0 Å². The highest BCUT2D eigenvalue weighted by Gasteiger charge is 2.30. The fourth-order valence-corrected chi connectivity index (χ4v) is 3.48. The Bertz CT molecular complexity index is 1570. The highest BCUT2D eigenvalue weighted by atomic mass is 19.4. The topological polar surface area (TPSA) is 106 Å². The Balaban J connectivity index is 1.55. The van der Waals surface area contributed by atoms with Crippen LogP contribution in [0.25, 0.3) is 28.7 Å². The number of halogens is 3. The van der Waals surface area contributed by atoms with E-state index in [9.17, 15) is 22.8 Å². The van der Waals surface area contributed by atoms with Gasteiger partial charge in [0.15, 0.2) is 5.76 Å². The first-order valence-electron chi connectivity index (χ1n) is 10.6. The van der Waals surface area contributed by atoms with E-state index in [1.54, 1.807) is 36.4 Å². The van der Waals surface area contributed by atoms with Crippen molar-refractivity contribution in [3.05, 3.63) is 107 Å². The minimum absolute atomic E-state index is 0.00483. The van der Waals surface area contributed by atoms with Gasteiger partial charge in [-0.15, -0.1) is 0 Å². The molecule has 0 atom stereocenters. The molecular formula is C25H16F3N5O3. The molecule has 0 radical (unpaired) electrons. The van der Waals surface area contributed by atoms with E-state index < -0.39 is 23.2 Å². The number of hydrogen-bond acceptors (Lipinski definition) is 5. The van der Waals surface area contributed by atoms with Gasteiger partial charge in [-0.2, -0.15) is 23.0 Å². The average Bonchev–Trinajstić information content (AvgIpc) is 3.54. The summed E-state index contributed by atoms with van der Waals surface area (Å²) in [4.78, 5) is 32.4. The maximum absolute atomic E-state index is 12.9. The van der Waals surface area contributed by atoms with Crippen LogP contribution in [-0.2, 0) is 6.18 Å². The van der Waals surface area contributed by atoms with E-state index in [1.165, 1.54) is 23.1 Å². The van der Waals surface area contributed by atoms with Gasteiger partial charge in [0, 0.05) is 23.3 Å². The van der Waals surface area contributed by atoms with Crippen molar-refractivity contribution in [2.24, 2.45) is 0 Å². The van der Waals surface area contributed by atoms with Gasteiger partial charge in [-0.1, -0.05) is 30.3 Å². The Kier molecular flexibility index (Phi) is 5.72. The number of anilines is 1. The van der Waals surface area contributed by atoms with Gasteiger partial charge in [-0.25, -0.2) is 4.98 Å². The first kappa shape index (κ1) is 22.8. The van der Waals surface area contributed by atoms with Crippen LogP contribution in [0.5, 0.6) is 0 Å². The van der Waals surface area contributed by atoms with Gasteiger partial charge in [0.05, 0.1) is 17.5 Å². The summed E-state index contributed by atoms with van der Waals surface area (Å²) in [5.74, 6) is -0.167. The third-order valence-corrected chi connectivity index (χ3v) is 5.20. The fourth-order valence-electron chi connectivity index (χ4n) is 3.48. The van der Waals surface area contributed by atoms with E-state index in [1.807, 2.05) is 6.07 Å². The minimum Gasteiger partial charge on any atom is -0.463 e. The van der Waals surface area contributed by atoms with E-state index in [2.05, 4.69) is 20.4 Å². The predicted octanol–water partition coefficient (Wildman–Crippen LogP) is 5.15. The normalized spacial score (nSPS) is 11.4. The molecule has 0 saturated heterocycles. The maximum atomic E-state index is 12.9. The summed E-state index contributed by atoms with van der Waals surface area (Å²) < 4.78 is 45.2. The first-order chi connectivity index (χ1) is 17.3. The number of aromatic nitrogens is 4. The van der Waals surface area contributed by atoms with Crippen LogP contribution in [0.2, 0.25) is 0 Å². The summed E-state index contributed by atoms with van der Waals surface area (Å²) in [6.07, 6.45) is -3.07. The number of furan rings is 1. The standard InChI is InChI=1S/C25H16F3N5O3/c26-25(27,28)17-10-8-16(9-11-17)23(35)30-21-13-19(20-7-4-12-36-20)32-33(21)24-29-18(14-22(34)31-24)15-5-2-1-3-6-15/h1-14H,(H,30,35)(H,29,31,34). The molecule has 0 bridgehead atoms. The molecule has 36 heavy (non-hydrogen) atoms. The molecule has 3 aromatic heterocycles. The third-order valence-electron chi connectivity index (χ3n) is 5.20. The van der Waals surface area contributed by atoms with Crippen LogP contribution in [0.1, 0.15) is 15.9 Å². The smallest absolute Gasteiger partial charge is 0.416 e. The summed E-state index contributed by atoms with van der Waals surface area (Å²) in [5.41, 5.74) is 0.0749. The van der Waals surface area contributed by atoms with Gasteiger partial charge in [0.25, 0.3) is 11.5 Å². The zero-order valence-electron chi connectivity index (χ0n) is 18.3. The zero-order chi connectivity index (χ0) is 25.3. The van der Waals surface area contributed by atoms with Gasteiger partial charge in [0.1, 0.15) is 11.5 Å². The molecule has 0 fully saturated rings. The molecule has 0 unspecified atom stereocenters. The lowest BCUT2D eigenvalue weighted by atomic mass is 10.1. The van der Waals surface area contributed by atoms with Crippen LogP contribution in [0, 0.1) is 0 Å². The molecule has 0 aliphatic rings. The van der Waals surface area contributed by atoms with Gasteiger partial charge in [-0.3, -0.25) is 14.6 Å². The molecule has 0 aliphatic heterocycles. The number of aromatic amines is 1. The van der Waals surface area contributed by atoms with E-state index in [0.29, 0.717) is 22.7 Å². The molecule has 2 aromatic carbocycles. The number of H-pyrrole nitrogens is 1. The van der Waals surface area contributed by atoms with Crippen molar-refractivity contribution >= 4 is 11.7 Å². The summed E-state index contributed by atoms with van der Waals surface area (Å²) in [6.45, 7) is 0. The molecule has 0 aliphatic carbocycles. The molecule has 0 spiro atoms. The molecule has 2 N–H and O–H groups in total. The van der Waals surface area contributed by atoms with Gasteiger partial charge in [0.2, 0.25) is 5.95 Å². The fraction of sp³-hybridized carbons (Fsp3) is 0.0400. The van der Waals surface area contributed by atoms with Crippen molar-refractivity contribution in [3.63, 3.8) is 0 Å². The zero-order valence-corrected chi connectivity index (χ0v) is 18.3. The van der Waals surface area contributed by atoms with Gasteiger partial charge < -0.3 is 9.73 Å². The number of nitrogens with one attached hydrogen (secondary N) is 2. The van der Waals surface area contributed by atoms with Crippen molar-refractivity contribution in [2.45, 2.75) is 6.18 Å². The maximum Gasteiger partial charge on any atom is 0.416 e. The first-order valence-corrected chi connectivity index (χ1v) is 10.6. The Hall–Kier alpha value is -4.93. The lowest BCUT2D eigenvalue weighted by molar-refractivity contribution is -0.137. The Morgan fingerprint density at radius 3 is 2.36 bits per heavy atom. The van der Waals surface area contributed by atoms with Crippen molar-refractivity contribution in [2.75, 3.05) is 5.32 Å². The summed E-state index contributed by atoms with van der Waals surface area (Å²) >= 11 is 0. The van der Waals surface area contributed by atoms with Crippen molar-refractivity contribution < 1.29 is 22.4 Å². The quantitative estimate of drug-likeness (QED) is 0.354. The molecule has 0 saturated carbocycles. The minimum atomic E-state index is -4.52. The second-order valence-corrected chi connectivity index (χ2v) is 7.65. The van der Waals surface area contributed by atoms with E-state index in [0.717, 1.165) is 24.3 Å². The second kappa shape index (κ2) is 9.02. The third kappa shape index (κ3) is 4.67. The van der Waals surface area contributed by atoms with Crippen LogP contribution >= 0.6 is 0 Å². The van der Waals surface area contributed by atoms with Crippen LogP contribution < -0.4 is 10.9 Å². The number of rotatable bonds is 5. The van der Waals surface area contributed by atoms with Crippen LogP contribution in [0.4, 0.5) is 19.0 Å². The number of nitrogens with zero attached hydrogens (tertiary/aromatic N) is 3. The largest absolute Gasteiger partial charge is 0.463 e. The van der Waals surface area contributed by atoms with E-state index in [-0.39, 0.29) is 17.3 Å². The lowest BCUT2D eigenvalue weighted by Crippen LogP contribution is -2.19. The number of carbonyl (C=O) groups excluding carboxylic acids is 1. The molecule has 3 heterocycles. The predicted molar refractivity (Wildman–Crippen MR) is 125 cm³/mol. The summed E-state index contributed by atoms with van der Waals surface area (Å²) in [7, 11) is 0. The highest BCUT2D eigenvalue weighted by Crippen LogP contribution is 2.29. The van der Waals surface area contributed by atoms with Gasteiger partial charge >= 0.3 is 6.18 Å². The second-order valence-electron chi connectivity index (χ2n) is 7.65. The molecule has 11 heteroatoms. The Morgan fingerprint density at radius 1 is 0.944 bits per heavy atom. The molecule has 180 valence electrons. The Morgan fingerprint density at radius 2 is 1.69 bits per heavy atom. The number of amides is 1. The van der Waals surface area contributed by atoms with E-state index in [4.69, 9.17) is 4.42 Å². The van der Waals surface area contributed by atoms with Gasteiger partial charge in [-0.05, 0) is 36.4 Å². The van der Waals surface area contributed by atoms with Crippen LogP contribution in [0.3, 0.4) is 0 Å². The molecular weight excluding hydrogens is 475 g/mol. The van der Waals surface area contributed by atoms with Crippen molar-refractivity contribution in [3.8, 4) is 28.7 Å². The number of hydrogen-bond donors (Lipinski definition) is 2. The summed E-state index contributed by atoms with van der Waals surface area (Å²) in [5, 5.41) is 7.04. The van der Waals surface area contributed by atoms with Crippen LogP contribution in [-0.4, -0.2) is 25.7 Å². The highest BCUT2D eigenvalue weighted by molar-refractivity contribution is 6.04.